The first kappa shape index (κ1) is 20.9. The molecule has 10 rings (SSSR count). The number of rotatable bonds is 3. The van der Waals surface area contributed by atoms with Gasteiger partial charge in [0.15, 0.2) is 0 Å². The van der Waals surface area contributed by atoms with Crippen LogP contribution in [0.15, 0.2) is 170 Å². The predicted octanol–water partition coefficient (Wildman–Crippen LogP) is 13.0. The number of hydrogen-bond acceptors (Lipinski definition) is 0. The molecule has 0 aliphatic carbocycles. The van der Waals surface area contributed by atoms with Crippen molar-refractivity contribution >= 4 is 64.6 Å². The monoisotopic (exact) mass is 585 g/mol. The van der Waals surface area contributed by atoms with E-state index in [1.165, 1.54) is 48.7 Å². The third-order valence-corrected chi connectivity index (χ3v) is 9.68. The lowest BCUT2D eigenvalue weighted by Crippen LogP contribution is -1.92. The maximum absolute atomic E-state index is 8.86. The third-order valence-electron chi connectivity index (χ3n) is 9.68. The highest BCUT2D eigenvalue weighted by Crippen LogP contribution is 2.47. The van der Waals surface area contributed by atoms with Crippen LogP contribution in [0.25, 0.3) is 98.0 Å². The van der Waals surface area contributed by atoms with E-state index in [0.29, 0.717) is 5.56 Å². The molecule has 0 amide bonds. The Balaban J connectivity index is 1.24. The number of fused-ring (bicyclic) bond motifs is 4. The molecule has 0 atom stereocenters. The molecule has 0 bridgehead atoms. The van der Waals surface area contributed by atoms with Gasteiger partial charge in [-0.1, -0.05) is 170 Å². The largest absolute Gasteiger partial charge is 0.0629 e. The first-order valence-electron chi connectivity index (χ1n) is 18.1. The Hall–Kier alpha value is -5.98. The molecule has 0 heteroatoms. The maximum Gasteiger partial charge on any atom is 0.0629 e. The van der Waals surface area contributed by atoms with Crippen molar-refractivity contribution in [3.05, 3.63) is 170 Å². The van der Waals surface area contributed by atoms with E-state index in [2.05, 4.69) is 103 Å². The minimum atomic E-state index is -0.392. The van der Waals surface area contributed by atoms with Gasteiger partial charge in [0, 0.05) is 0 Å². The first-order chi connectivity index (χ1) is 24.9. The molecule has 212 valence electrons. The van der Waals surface area contributed by atoms with Crippen molar-refractivity contribution in [2.24, 2.45) is 0 Å². The van der Waals surface area contributed by atoms with Crippen LogP contribution in [-0.4, -0.2) is 0 Å². The lowest BCUT2D eigenvalue weighted by Gasteiger charge is -2.19. The maximum atomic E-state index is 8.86. The summed E-state index contributed by atoms with van der Waals surface area (Å²) in [5.74, 6) is 0. The summed E-state index contributed by atoms with van der Waals surface area (Å²) in [4.78, 5) is 0. The molecule has 46 heavy (non-hydrogen) atoms. The van der Waals surface area contributed by atoms with Crippen molar-refractivity contribution < 1.29 is 6.85 Å². The molecule has 0 spiro atoms. The summed E-state index contributed by atoms with van der Waals surface area (Å²) in [6.45, 7) is 0. The average Bonchev–Trinajstić information content (AvgIpc) is 3.18. The summed E-state index contributed by atoms with van der Waals surface area (Å²) in [6.07, 6.45) is 0. The van der Waals surface area contributed by atoms with Crippen molar-refractivity contribution in [3.63, 3.8) is 0 Å². The minimum Gasteiger partial charge on any atom is -0.0622 e. The van der Waals surface area contributed by atoms with Crippen molar-refractivity contribution in [2.45, 2.75) is 0 Å². The molecule has 0 aliphatic heterocycles. The van der Waals surface area contributed by atoms with Gasteiger partial charge in [0.2, 0.25) is 0 Å². The van der Waals surface area contributed by atoms with Crippen LogP contribution in [0.5, 0.6) is 0 Å². The zero-order valence-corrected chi connectivity index (χ0v) is 24.8. The first-order valence-corrected chi connectivity index (χ1v) is 15.6. The highest BCUT2D eigenvalue weighted by atomic mass is 14.2. The molecule has 0 saturated carbocycles. The summed E-state index contributed by atoms with van der Waals surface area (Å²) < 4.78 is 42.8. The normalized spacial score (nSPS) is 13.4. The lowest BCUT2D eigenvalue weighted by atomic mass is 9.84. The Kier molecular flexibility index (Phi) is 4.43. The standard InChI is InChI=1S/C46H28/c1-2-11-29(12-3-1)43-36-17-6-8-19-38(36)44(39-20-9-7-18-37(39)43)32-21-23-33(24-22-32)45-35-16-5-4-15-34(35)40-27-25-30-13-10-14-31-26-28-41(45)46(40)42(30)31/h1-28H/i1D,2D,3D,11D,12D. The van der Waals surface area contributed by atoms with Crippen LogP contribution < -0.4 is 0 Å². The van der Waals surface area contributed by atoms with Crippen LogP contribution in [0.3, 0.4) is 0 Å². The second-order valence-electron chi connectivity index (χ2n) is 12.0. The van der Waals surface area contributed by atoms with Gasteiger partial charge in [-0.3, -0.25) is 0 Å². The fourth-order valence-corrected chi connectivity index (χ4v) is 7.79. The SMILES string of the molecule is [2H]c1c([2H])c([2H])c(-c2c3ccccc3c(-c3ccc(-c4c5ccccc5c5ccc6cccc7ccc4c5c76)cc3)c3ccccc23)c([2H])c1[2H]. The van der Waals surface area contributed by atoms with Crippen LogP contribution in [0.4, 0.5) is 0 Å². The second-order valence-corrected chi connectivity index (χ2v) is 12.0. The van der Waals surface area contributed by atoms with Crippen molar-refractivity contribution in [1.29, 1.82) is 0 Å². The summed E-state index contributed by atoms with van der Waals surface area (Å²) in [7, 11) is 0. The zero-order valence-electron chi connectivity index (χ0n) is 29.8. The minimum absolute atomic E-state index is 0.200. The topological polar surface area (TPSA) is 0 Å². The van der Waals surface area contributed by atoms with Gasteiger partial charge in [-0.15, -0.1) is 0 Å². The molecule has 10 aromatic carbocycles. The number of hydrogen-bond donors (Lipinski definition) is 0. The molecule has 0 N–H and O–H groups in total. The van der Waals surface area contributed by atoms with Crippen molar-refractivity contribution in [3.8, 4) is 33.4 Å². The van der Waals surface area contributed by atoms with E-state index in [1.54, 1.807) is 0 Å². The molecule has 0 aliphatic rings. The average molecular weight is 586 g/mol. The molecule has 0 saturated heterocycles. The highest BCUT2D eigenvalue weighted by Gasteiger charge is 2.19. The summed E-state index contributed by atoms with van der Waals surface area (Å²) in [6, 6.07) is 47.6. The van der Waals surface area contributed by atoms with Gasteiger partial charge in [0.05, 0.1) is 6.85 Å². The Labute approximate surface area is 274 Å². The second kappa shape index (κ2) is 9.76. The number of benzene rings is 10. The molecular weight excluding hydrogens is 553 g/mol. The molecule has 10 aromatic rings. The van der Waals surface area contributed by atoms with E-state index in [4.69, 9.17) is 6.85 Å². The van der Waals surface area contributed by atoms with Crippen LogP contribution in [0.1, 0.15) is 6.85 Å². The van der Waals surface area contributed by atoms with E-state index in [0.717, 1.165) is 38.2 Å². The van der Waals surface area contributed by atoms with Crippen LogP contribution in [0, 0.1) is 0 Å². The van der Waals surface area contributed by atoms with E-state index >= 15 is 0 Å². The lowest BCUT2D eigenvalue weighted by molar-refractivity contribution is 1.64. The predicted molar refractivity (Wildman–Crippen MR) is 199 cm³/mol. The van der Waals surface area contributed by atoms with Gasteiger partial charge in [0.25, 0.3) is 0 Å². The summed E-state index contributed by atoms with van der Waals surface area (Å²) >= 11 is 0. The van der Waals surface area contributed by atoms with E-state index < -0.39 is 6.04 Å². The van der Waals surface area contributed by atoms with Gasteiger partial charge < -0.3 is 0 Å². The fraction of sp³-hybridized carbons (Fsp3) is 0. The molecular formula is C46H28. The van der Waals surface area contributed by atoms with E-state index in [9.17, 15) is 0 Å². The van der Waals surface area contributed by atoms with Gasteiger partial charge in [-0.2, -0.15) is 0 Å². The van der Waals surface area contributed by atoms with Crippen molar-refractivity contribution in [2.75, 3.05) is 0 Å². The molecule has 0 heterocycles. The van der Waals surface area contributed by atoms with E-state index in [-0.39, 0.29) is 29.7 Å². The van der Waals surface area contributed by atoms with Crippen LogP contribution in [0.2, 0.25) is 0 Å². The smallest absolute Gasteiger partial charge is 0.0622 e. The Morgan fingerprint density at radius 3 is 1.26 bits per heavy atom. The molecule has 0 radical (unpaired) electrons. The van der Waals surface area contributed by atoms with Gasteiger partial charge in [0.1, 0.15) is 0 Å². The highest BCUT2D eigenvalue weighted by molar-refractivity contribution is 6.33. The Morgan fingerprint density at radius 1 is 0.283 bits per heavy atom. The Morgan fingerprint density at radius 2 is 0.717 bits per heavy atom. The molecule has 0 unspecified atom stereocenters. The van der Waals surface area contributed by atoms with Gasteiger partial charge >= 0.3 is 0 Å². The van der Waals surface area contributed by atoms with Gasteiger partial charge in [-0.25, -0.2) is 0 Å². The molecule has 0 fully saturated rings. The van der Waals surface area contributed by atoms with Crippen LogP contribution >= 0.6 is 0 Å². The summed E-state index contributed by atoms with van der Waals surface area (Å²) in [5, 5.41) is 13.6. The third kappa shape index (κ3) is 3.56. The molecule has 0 aromatic heterocycles. The van der Waals surface area contributed by atoms with Crippen LogP contribution in [-0.2, 0) is 0 Å². The zero-order chi connectivity index (χ0) is 34.5. The quantitative estimate of drug-likeness (QED) is 0.143. The Bertz CT molecular complexity index is 2970. The molecule has 0 nitrogen and oxygen atoms in total. The fourth-order valence-electron chi connectivity index (χ4n) is 7.79. The van der Waals surface area contributed by atoms with Gasteiger partial charge in [-0.05, 0) is 98.0 Å². The van der Waals surface area contributed by atoms with Crippen molar-refractivity contribution in [1.82, 2.24) is 0 Å². The van der Waals surface area contributed by atoms with E-state index in [1.807, 2.05) is 36.4 Å². The summed E-state index contributed by atoms with van der Waals surface area (Å²) in [5.41, 5.74) is 5.31.